The van der Waals surface area contributed by atoms with Gasteiger partial charge in [0, 0.05) is 43.9 Å². The summed E-state index contributed by atoms with van der Waals surface area (Å²) >= 11 is 0. The SMILES string of the molecule is C[C@H]1CNCCN1CC(=O)Nc1ccc2c(c1)OCCCO2.Cl. The highest BCUT2D eigenvalue weighted by atomic mass is 35.5. The topological polar surface area (TPSA) is 62.8 Å². The number of nitrogens with zero attached hydrogens (tertiary/aromatic N) is 1. The number of benzene rings is 1. The van der Waals surface area contributed by atoms with Gasteiger partial charge in [-0.05, 0) is 19.1 Å². The van der Waals surface area contributed by atoms with E-state index >= 15 is 0 Å². The Morgan fingerprint density at radius 3 is 2.91 bits per heavy atom. The van der Waals surface area contributed by atoms with Gasteiger partial charge in [0.1, 0.15) is 0 Å². The molecule has 1 aromatic carbocycles. The maximum atomic E-state index is 12.2. The van der Waals surface area contributed by atoms with Crippen molar-refractivity contribution in [2.24, 2.45) is 0 Å². The van der Waals surface area contributed by atoms with Gasteiger partial charge in [-0.3, -0.25) is 9.69 Å². The summed E-state index contributed by atoms with van der Waals surface area (Å²) in [4.78, 5) is 14.4. The molecular formula is C16H24ClN3O3. The number of fused-ring (bicyclic) bond motifs is 1. The van der Waals surface area contributed by atoms with E-state index < -0.39 is 0 Å². The third-order valence-electron chi connectivity index (χ3n) is 4.02. The van der Waals surface area contributed by atoms with Crippen LogP contribution in [0.2, 0.25) is 0 Å². The molecule has 0 spiro atoms. The van der Waals surface area contributed by atoms with Crippen LogP contribution in [0.4, 0.5) is 5.69 Å². The van der Waals surface area contributed by atoms with Gasteiger partial charge in [-0.15, -0.1) is 12.4 Å². The van der Waals surface area contributed by atoms with Crippen molar-refractivity contribution in [3.8, 4) is 11.5 Å². The number of halogens is 1. The summed E-state index contributed by atoms with van der Waals surface area (Å²) in [5.74, 6) is 1.44. The first kappa shape index (κ1) is 17.8. The Kier molecular flexibility index (Phi) is 6.50. The standard InChI is InChI=1S/C16H23N3O3.ClH/c1-12-10-17-5-6-19(12)11-16(20)18-13-3-4-14-15(9-13)22-8-2-7-21-14;/h3-4,9,12,17H,2,5-8,10-11H2,1H3,(H,18,20);1H/t12-;/m0./s1. The second-order valence-electron chi connectivity index (χ2n) is 5.78. The van der Waals surface area contributed by atoms with Gasteiger partial charge in [0.2, 0.25) is 5.91 Å². The largest absolute Gasteiger partial charge is 0.490 e. The fourth-order valence-corrected chi connectivity index (χ4v) is 2.74. The molecule has 0 radical (unpaired) electrons. The lowest BCUT2D eigenvalue weighted by Gasteiger charge is -2.33. The first-order valence-electron chi connectivity index (χ1n) is 7.86. The highest BCUT2D eigenvalue weighted by molar-refractivity contribution is 5.92. The average Bonchev–Trinajstić information content (AvgIpc) is 2.74. The summed E-state index contributed by atoms with van der Waals surface area (Å²) in [6.45, 7) is 6.61. The van der Waals surface area contributed by atoms with E-state index in [0.29, 0.717) is 31.5 Å². The minimum atomic E-state index is 0. The van der Waals surface area contributed by atoms with Crippen LogP contribution >= 0.6 is 12.4 Å². The van der Waals surface area contributed by atoms with Crippen molar-refractivity contribution >= 4 is 24.0 Å². The van der Waals surface area contributed by atoms with E-state index in [2.05, 4.69) is 22.5 Å². The maximum Gasteiger partial charge on any atom is 0.238 e. The summed E-state index contributed by atoms with van der Waals surface area (Å²) < 4.78 is 11.2. The number of amides is 1. The molecule has 7 heteroatoms. The molecular weight excluding hydrogens is 318 g/mol. The molecule has 6 nitrogen and oxygen atoms in total. The van der Waals surface area contributed by atoms with Crippen LogP contribution in [0.15, 0.2) is 18.2 Å². The van der Waals surface area contributed by atoms with Crippen LogP contribution in [0.3, 0.4) is 0 Å². The number of hydrogen-bond donors (Lipinski definition) is 2. The fourth-order valence-electron chi connectivity index (χ4n) is 2.74. The molecule has 1 saturated heterocycles. The number of carbonyl (C=O) groups excluding carboxylic acids is 1. The van der Waals surface area contributed by atoms with Gasteiger partial charge in [0.25, 0.3) is 0 Å². The van der Waals surface area contributed by atoms with Crippen molar-refractivity contribution in [1.29, 1.82) is 0 Å². The lowest BCUT2D eigenvalue weighted by molar-refractivity contribution is -0.118. The molecule has 2 aliphatic rings. The van der Waals surface area contributed by atoms with Crippen LogP contribution in [0.25, 0.3) is 0 Å². The summed E-state index contributed by atoms with van der Waals surface area (Å²) in [5.41, 5.74) is 0.747. The zero-order chi connectivity index (χ0) is 15.4. The molecule has 1 aromatic rings. The quantitative estimate of drug-likeness (QED) is 0.872. The van der Waals surface area contributed by atoms with Crippen LogP contribution in [-0.2, 0) is 4.79 Å². The molecule has 128 valence electrons. The van der Waals surface area contributed by atoms with Crippen LogP contribution < -0.4 is 20.1 Å². The predicted octanol–water partition coefficient (Wildman–Crippen LogP) is 1.50. The van der Waals surface area contributed by atoms with E-state index in [0.717, 1.165) is 37.5 Å². The third-order valence-corrected chi connectivity index (χ3v) is 4.02. The molecule has 0 bridgehead atoms. The average molecular weight is 342 g/mol. The highest BCUT2D eigenvalue weighted by Crippen LogP contribution is 2.32. The second kappa shape index (κ2) is 8.38. The van der Waals surface area contributed by atoms with Gasteiger partial charge in [0.15, 0.2) is 11.5 Å². The minimum absolute atomic E-state index is 0. The number of piperazine rings is 1. The van der Waals surface area contributed by atoms with Crippen molar-refractivity contribution in [2.75, 3.05) is 44.7 Å². The van der Waals surface area contributed by atoms with Gasteiger partial charge in [-0.25, -0.2) is 0 Å². The summed E-state index contributed by atoms with van der Waals surface area (Å²) in [5, 5.41) is 6.27. The second-order valence-corrected chi connectivity index (χ2v) is 5.78. The summed E-state index contributed by atoms with van der Waals surface area (Å²) in [7, 11) is 0. The van der Waals surface area contributed by atoms with Crippen LogP contribution in [0.5, 0.6) is 11.5 Å². The van der Waals surface area contributed by atoms with Crippen LogP contribution in [-0.4, -0.2) is 56.2 Å². The normalized spacial score (nSPS) is 21.0. The van der Waals surface area contributed by atoms with E-state index in [-0.39, 0.29) is 18.3 Å². The van der Waals surface area contributed by atoms with E-state index in [1.807, 2.05) is 18.2 Å². The van der Waals surface area contributed by atoms with E-state index in [1.54, 1.807) is 0 Å². The molecule has 0 aliphatic carbocycles. The first-order valence-corrected chi connectivity index (χ1v) is 7.86. The zero-order valence-electron chi connectivity index (χ0n) is 13.3. The molecule has 2 N–H and O–H groups in total. The number of nitrogens with one attached hydrogen (secondary N) is 2. The molecule has 1 fully saturated rings. The van der Waals surface area contributed by atoms with Crippen molar-refractivity contribution in [2.45, 2.75) is 19.4 Å². The molecule has 3 rings (SSSR count). The molecule has 0 saturated carbocycles. The Morgan fingerprint density at radius 2 is 2.13 bits per heavy atom. The lowest BCUT2D eigenvalue weighted by Crippen LogP contribution is -2.51. The molecule has 0 unspecified atom stereocenters. The highest BCUT2D eigenvalue weighted by Gasteiger charge is 2.20. The Morgan fingerprint density at radius 1 is 1.35 bits per heavy atom. The zero-order valence-corrected chi connectivity index (χ0v) is 14.2. The first-order chi connectivity index (χ1) is 10.7. The van der Waals surface area contributed by atoms with Crippen LogP contribution in [0.1, 0.15) is 13.3 Å². The van der Waals surface area contributed by atoms with Crippen molar-refractivity contribution in [3.05, 3.63) is 18.2 Å². The fraction of sp³-hybridized carbons (Fsp3) is 0.562. The van der Waals surface area contributed by atoms with Gasteiger partial charge in [-0.2, -0.15) is 0 Å². The maximum absolute atomic E-state index is 12.2. The number of hydrogen-bond acceptors (Lipinski definition) is 5. The predicted molar refractivity (Wildman–Crippen MR) is 91.8 cm³/mol. The van der Waals surface area contributed by atoms with Crippen LogP contribution in [0, 0.1) is 0 Å². The van der Waals surface area contributed by atoms with E-state index in [9.17, 15) is 4.79 Å². The van der Waals surface area contributed by atoms with E-state index in [1.165, 1.54) is 0 Å². The molecule has 2 heterocycles. The number of carbonyl (C=O) groups is 1. The summed E-state index contributed by atoms with van der Waals surface area (Å²) in [6, 6.07) is 5.92. The minimum Gasteiger partial charge on any atom is -0.490 e. The number of ether oxygens (including phenoxy) is 2. The molecule has 1 atom stereocenters. The lowest BCUT2D eigenvalue weighted by atomic mass is 10.2. The monoisotopic (exact) mass is 341 g/mol. The Labute approximate surface area is 142 Å². The Bertz CT molecular complexity index is 541. The molecule has 23 heavy (non-hydrogen) atoms. The van der Waals surface area contributed by atoms with Crippen molar-refractivity contribution in [1.82, 2.24) is 10.2 Å². The molecule has 1 amide bonds. The number of anilines is 1. The van der Waals surface area contributed by atoms with E-state index in [4.69, 9.17) is 9.47 Å². The Hall–Kier alpha value is -1.50. The van der Waals surface area contributed by atoms with Gasteiger partial charge >= 0.3 is 0 Å². The third kappa shape index (κ3) is 4.73. The van der Waals surface area contributed by atoms with Gasteiger partial charge in [-0.1, -0.05) is 0 Å². The molecule has 0 aromatic heterocycles. The van der Waals surface area contributed by atoms with Gasteiger partial charge in [0.05, 0.1) is 19.8 Å². The van der Waals surface area contributed by atoms with Gasteiger partial charge < -0.3 is 20.1 Å². The van der Waals surface area contributed by atoms with Crippen molar-refractivity contribution < 1.29 is 14.3 Å². The van der Waals surface area contributed by atoms with Crippen molar-refractivity contribution in [3.63, 3.8) is 0 Å². The molecule has 2 aliphatic heterocycles. The summed E-state index contributed by atoms with van der Waals surface area (Å²) in [6.07, 6.45) is 0.872. The Balaban J connectivity index is 0.00000192. The number of rotatable bonds is 3. The smallest absolute Gasteiger partial charge is 0.238 e.